The van der Waals surface area contributed by atoms with Gasteiger partial charge in [0.25, 0.3) is 5.82 Å². The van der Waals surface area contributed by atoms with Crippen LogP contribution in [0.15, 0.2) is 78.9 Å². The number of halogens is 1. The maximum Gasteiger partial charge on any atom is 0.378 e. The molecule has 0 bridgehead atoms. The van der Waals surface area contributed by atoms with Crippen molar-refractivity contribution in [1.29, 1.82) is 0 Å². The molecule has 0 aliphatic carbocycles. The molecular weight excluding hydrogens is 413 g/mol. The van der Waals surface area contributed by atoms with Crippen molar-refractivity contribution in [1.82, 2.24) is 14.8 Å². The van der Waals surface area contributed by atoms with Crippen LogP contribution in [0.4, 0.5) is 4.39 Å². The minimum atomic E-state index is -0.843. The smallest absolute Gasteiger partial charge is 0.378 e. The van der Waals surface area contributed by atoms with Crippen molar-refractivity contribution in [2.75, 3.05) is 13.7 Å². The summed E-state index contributed by atoms with van der Waals surface area (Å²) in [4.78, 5) is 29.1. The zero-order valence-electron chi connectivity index (χ0n) is 17.1. The molecule has 0 aliphatic rings. The van der Waals surface area contributed by atoms with Crippen LogP contribution in [-0.2, 0) is 4.74 Å². The van der Waals surface area contributed by atoms with E-state index in [-0.39, 0.29) is 11.6 Å². The normalized spacial score (nSPS) is 10.6. The lowest BCUT2D eigenvalue weighted by molar-refractivity contribution is 0.0462. The number of hydrogen-bond acceptors (Lipinski definition) is 6. The molecule has 4 rings (SSSR count). The van der Waals surface area contributed by atoms with Gasteiger partial charge >= 0.3 is 5.97 Å². The van der Waals surface area contributed by atoms with Crippen LogP contribution in [0.3, 0.4) is 0 Å². The van der Waals surface area contributed by atoms with Crippen molar-refractivity contribution in [3.63, 3.8) is 0 Å². The number of hydrogen-bond donors (Lipinski definition) is 0. The van der Waals surface area contributed by atoms with Gasteiger partial charge in [0.15, 0.2) is 18.2 Å². The second-order valence-electron chi connectivity index (χ2n) is 6.74. The Labute approximate surface area is 183 Å². The Morgan fingerprint density at radius 3 is 2.28 bits per heavy atom. The summed E-state index contributed by atoms with van der Waals surface area (Å²) in [5.74, 6) is -0.839. The Kier molecular flexibility index (Phi) is 6.03. The first-order valence-electron chi connectivity index (χ1n) is 9.68. The minimum absolute atomic E-state index is 0.221. The largest absolute Gasteiger partial charge is 0.497 e. The lowest BCUT2D eigenvalue weighted by atomic mass is 10.1. The van der Waals surface area contributed by atoms with Gasteiger partial charge in [0.05, 0.1) is 12.8 Å². The number of carbonyl (C=O) groups is 2. The Morgan fingerprint density at radius 1 is 0.938 bits per heavy atom. The van der Waals surface area contributed by atoms with Crippen LogP contribution >= 0.6 is 0 Å². The molecule has 4 aromatic rings. The molecule has 0 N–H and O–H groups in total. The zero-order chi connectivity index (χ0) is 22.5. The Morgan fingerprint density at radius 2 is 1.62 bits per heavy atom. The lowest BCUT2D eigenvalue weighted by Crippen LogP contribution is -2.15. The number of ether oxygens (including phenoxy) is 2. The third-order valence-electron chi connectivity index (χ3n) is 4.64. The van der Waals surface area contributed by atoms with E-state index in [9.17, 15) is 14.0 Å². The molecule has 0 saturated carbocycles. The maximum atomic E-state index is 13.4. The predicted molar refractivity (Wildman–Crippen MR) is 114 cm³/mol. The van der Waals surface area contributed by atoms with Gasteiger partial charge in [-0.1, -0.05) is 30.3 Å². The van der Waals surface area contributed by atoms with E-state index < -0.39 is 18.4 Å². The minimum Gasteiger partial charge on any atom is -0.497 e. The second-order valence-corrected chi connectivity index (χ2v) is 6.74. The van der Waals surface area contributed by atoms with E-state index in [2.05, 4.69) is 10.1 Å². The van der Waals surface area contributed by atoms with Gasteiger partial charge in [0, 0.05) is 11.1 Å². The molecule has 1 heterocycles. The summed E-state index contributed by atoms with van der Waals surface area (Å²) in [6.45, 7) is -0.439. The number of ketones is 1. The van der Waals surface area contributed by atoms with Gasteiger partial charge in [-0.15, -0.1) is 5.10 Å². The fourth-order valence-electron chi connectivity index (χ4n) is 2.99. The quantitative estimate of drug-likeness (QED) is 0.323. The SMILES string of the molecule is COc1ccc(-n2nc(C(=O)OCC(=O)c3ccccc3)nc2-c2ccc(F)cc2)cc1. The highest BCUT2D eigenvalue weighted by Crippen LogP contribution is 2.23. The third kappa shape index (κ3) is 4.54. The van der Waals surface area contributed by atoms with Crippen LogP contribution in [0.25, 0.3) is 17.1 Å². The van der Waals surface area contributed by atoms with E-state index in [0.29, 0.717) is 28.4 Å². The number of nitrogens with zero attached hydrogens (tertiary/aromatic N) is 3. The topological polar surface area (TPSA) is 83.3 Å². The standard InChI is InChI=1S/C24H18FN3O4/c1-31-20-13-11-19(12-14-20)28-23(17-7-9-18(25)10-8-17)26-22(27-28)24(30)32-15-21(29)16-5-3-2-4-6-16/h2-14H,15H2,1H3. The molecule has 7 nitrogen and oxygen atoms in total. The number of esters is 1. The Balaban J connectivity index is 1.62. The van der Waals surface area contributed by atoms with Crippen molar-refractivity contribution < 1.29 is 23.5 Å². The highest BCUT2D eigenvalue weighted by atomic mass is 19.1. The first kappa shape index (κ1) is 20.9. The zero-order valence-corrected chi connectivity index (χ0v) is 17.1. The van der Waals surface area contributed by atoms with E-state index in [1.807, 2.05) is 0 Å². The molecule has 0 saturated heterocycles. The number of rotatable bonds is 7. The molecule has 160 valence electrons. The summed E-state index contributed by atoms with van der Waals surface area (Å²) in [5, 5.41) is 4.27. The molecule has 0 spiro atoms. The second kappa shape index (κ2) is 9.22. The van der Waals surface area contributed by atoms with E-state index in [4.69, 9.17) is 9.47 Å². The first-order chi connectivity index (χ1) is 15.5. The molecular formula is C24H18FN3O4. The molecule has 0 unspecified atom stereocenters. The summed E-state index contributed by atoms with van der Waals surface area (Å²) >= 11 is 0. The van der Waals surface area contributed by atoms with Gasteiger partial charge in [-0.2, -0.15) is 0 Å². The van der Waals surface area contributed by atoms with Crippen molar-refractivity contribution in [3.05, 3.63) is 96.1 Å². The van der Waals surface area contributed by atoms with E-state index in [1.54, 1.807) is 61.7 Å². The van der Waals surface area contributed by atoms with Gasteiger partial charge in [0.1, 0.15) is 11.6 Å². The number of Topliss-reactive ketones (excluding diaryl/α,β-unsaturated/α-hetero) is 1. The van der Waals surface area contributed by atoms with Gasteiger partial charge in [-0.3, -0.25) is 4.79 Å². The summed E-state index contributed by atoms with van der Waals surface area (Å²) in [5.41, 5.74) is 1.59. The van der Waals surface area contributed by atoms with Crippen LogP contribution < -0.4 is 4.74 Å². The highest BCUT2D eigenvalue weighted by molar-refractivity contribution is 5.98. The fraction of sp³-hybridized carbons (Fsp3) is 0.0833. The van der Waals surface area contributed by atoms with Gasteiger partial charge in [0.2, 0.25) is 0 Å². The first-order valence-corrected chi connectivity index (χ1v) is 9.68. The molecule has 0 amide bonds. The average Bonchev–Trinajstić information content (AvgIpc) is 3.29. The summed E-state index contributed by atoms with van der Waals surface area (Å²) in [6.07, 6.45) is 0. The van der Waals surface area contributed by atoms with Crippen molar-refractivity contribution in [2.45, 2.75) is 0 Å². The molecule has 0 fully saturated rings. The molecule has 0 atom stereocenters. The van der Waals surface area contributed by atoms with Crippen LogP contribution in [0.2, 0.25) is 0 Å². The van der Waals surface area contributed by atoms with E-state index in [0.717, 1.165) is 0 Å². The van der Waals surface area contributed by atoms with Gasteiger partial charge in [-0.05, 0) is 48.5 Å². The Hall–Kier alpha value is -4.33. The molecule has 8 heteroatoms. The van der Waals surface area contributed by atoms with Gasteiger partial charge < -0.3 is 9.47 Å². The van der Waals surface area contributed by atoms with Gasteiger partial charge in [-0.25, -0.2) is 18.9 Å². The summed E-state index contributed by atoms with van der Waals surface area (Å²) in [6, 6.07) is 21.1. The van der Waals surface area contributed by atoms with Crippen LogP contribution in [0, 0.1) is 5.82 Å². The Bertz CT molecular complexity index is 1240. The summed E-state index contributed by atoms with van der Waals surface area (Å²) in [7, 11) is 1.55. The molecule has 0 radical (unpaired) electrons. The highest BCUT2D eigenvalue weighted by Gasteiger charge is 2.21. The predicted octanol–water partition coefficient (Wildman–Crippen LogP) is 4.12. The van der Waals surface area contributed by atoms with Crippen LogP contribution in [-0.4, -0.2) is 40.2 Å². The molecule has 0 aliphatic heterocycles. The van der Waals surface area contributed by atoms with Crippen molar-refractivity contribution in [2.24, 2.45) is 0 Å². The lowest BCUT2D eigenvalue weighted by Gasteiger charge is -2.07. The maximum absolute atomic E-state index is 13.4. The monoisotopic (exact) mass is 431 g/mol. The number of methoxy groups -OCH3 is 1. The number of benzene rings is 3. The number of aromatic nitrogens is 3. The van der Waals surface area contributed by atoms with Crippen LogP contribution in [0.5, 0.6) is 5.75 Å². The third-order valence-corrected chi connectivity index (χ3v) is 4.64. The number of carbonyl (C=O) groups excluding carboxylic acids is 2. The molecule has 3 aromatic carbocycles. The van der Waals surface area contributed by atoms with Crippen molar-refractivity contribution >= 4 is 11.8 Å². The van der Waals surface area contributed by atoms with Crippen molar-refractivity contribution in [3.8, 4) is 22.8 Å². The average molecular weight is 431 g/mol. The van der Waals surface area contributed by atoms with E-state index >= 15 is 0 Å². The fourth-order valence-corrected chi connectivity index (χ4v) is 2.99. The van der Waals surface area contributed by atoms with Crippen LogP contribution in [0.1, 0.15) is 21.0 Å². The summed E-state index contributed by atoms with van der Waals surface area (Å²) < 4.78 is 25.2. The van der Waals surface area contributed by atoms with E-state index in [1.165, 1.54) is 28.9 Å². The molecule has 32 heavy (non-hydrogen) atoms. The molecule has 1 aromatic heterocycles.